The van der Waals surface area contributed by atoms with Crippen molar-refractivity contribution in [2.45, 2.75) is 58.4 Å². The molecule has 0 aromatic carbocycles. The van der Waals surface area contributed by atoms with Gasteiger partial charge in [-0.1, -0.05) is 27.7 Å². The molecule has 1 saturated carbocycles. The summed E-state index contributed by atoms with van der Waals surface area (Å²) < 4.78 is 0. The normalized spacial score (nSPS) is 18.1. The van der Waals surface area contributed by atoms with Crippen LogP contribution in [0.3, 0.4) is 0 Å². The maximum atomic E-state index is 4.87. The molecule has 0 atom stereocenters. The summed E-state index contributed by atoms with van der Waals surface area (Å²) in [4.78, 5) is 6.32. The SMILES string of the molecule is CCNCc1sc(C2(C)CC2)nc1C(C)C. The van der Waals surface area contributed by atoms with Gasteiger partial charge in [0.15, 0.2) is 0 Å². The van der Waals surface area contributed by atoms with E-state index in [2.05, 4.69) is 33.0 Å². The van der Waals surface area contributed by atoms with Gasteiger partial charge < -0.3 is 5.32 Å². The minimum Gasteiger partial charge on any atom is -0.312 e. The Morgan fingerprint density at radius 1 is 1.44 bits per heavy atom. The van der Waals surface area contributed by atoms with Gasteiger partial charge in [-0.3, -0.25) is 0 Å². The Kier molecular flexibility index (Phi) is 3.36. The number of aromatic nitrogens is 1. The molecule has 16 heavy (non-hydrogen) atoms. The number of nitrogens with one attached hydrogen (secondary N) is 1. The Morgan fingerprint density at radius 2 is 2.12 bits per heavy atom. The van der Waals surface area contributed by atoms with Gasteiger partial charge in [-0.15, -0.1) is 11.3 Å². The Balaban J connectivity index is 2.23. The highest BCUT2D eigenvalue weighted by Crippen LogP contribution is 2.49. The van der Waals surface area contributed by atoms with E-state index in [-0.39, 0.29) is 0 Å². The van der Waals surface area contributed by atoms with Gasteiger partial charge in [0.05, 0.1) is 10.7 Å². The second-order valence-electron chi connectivity index (χ2n) is 5.32. The van der Waals surface area contributed by atoms with Gasteiger partial charge in [0, 0.05) is 16.8 Å². The van der Waals surface area contributed by atoms with Crippen molar-refractivity contribution in [1.29, 1.82) is 0 Å². The molecule has 0 spiro atoms. The van der Waals surface area contributed by atoms with Crippen LogP contribution in [-0.2, 0) is 12.0 Å². The molecule has 2 nitrogen and oxygen atoms in total. The number of nitrogens with zero attached hydrogens (tertiary/aromatic N) is 1. The predicted octanol–water partition coefficient (Wildman–Crippen LogP) is 3.43. The molecule has 1 heterocycles. The van der Waals surface area contributed by atoms with Gasteiger partial charge in [0.25, 0.3) is 0 Å². The largest absolute Gasteiger partial charge is 0.312 e. The van der Waals surface area contributed by atoms with Crippen molar-refractivity contribution in [2.75, 3.05) is 6.54 Å². The molecule has 1 aromatic rings. The molecular weight excluding hydrogens is 216 g/mol. The standard InChI is InChI=1S/C13H22N2S/c1-5-14-8-10-11(9(2)3)15-12(16-10)13(4)6-7-13/h9,14H,5-8H2,1-4H3. The Morgan fingerprint density at radius 3 is 2.62 bits per heavy atom. The molecule has 1 fully saturated rings. The summed E-state index contributed by atoms with van der Waals surface area (Å²) in [5.74, 6) is 0.543. The summed E-state index contributed by atoms with van der Waals surface area (Å²) in [5.41, 5.74) is 1.73. The molecule has 1 aromatic heterocycles. The third-order valence-corrected chi connectivity index (χ3v) is 4.70. The van der Waals surface area contributed by atoms with Crippen molar-refractivity contribution in [3.8, 4) is 0 Å². The molecule has 1 aliphatic carbocycles. The summed E-state index contributed by atoms with van der Waals surface area (Å²) >= 11 is 1.92. The average Bonchev–Trinajstić information content (AvgIpc) is 2.82. The molecule has 0 bridgehead atoms. The first-order valence-electron chi connectivity index (χ1n) is 6.27. The van der Waals surface area contributed by atoms with Crippen molar-refractivity contribution in [3.05, 3.63) is 15.6 Å². The first-order chi connectivity index (χ1) is 7.57. The van der Waals surface area contributed by atoms with E-state index in [1.807, 2.05) is 11.3 Å². The van der Waals surface area contributed by atoms with Crippen molar-refractivity contribution in [3.63, 3.8) is 0 Å². The molecule has 1 N–H and O–H groups in total. The van der Waals surface area contributed by atoms with Crippen molar-refractivity contribution in [2.24, 2.45) is 0 Å². The van der Waals surface area contributed by atoms with Crippen LogP contribution in [0.2, 0.25) is 0 Å². The zero-order valence-electron chi connectivity index (χ0n) is 10.8. The second-order valence-corrected chi connectivity index (χ2v) is 6.41. The fourth-order valence-electron chi connectivity index (χ4n) is 1.84. The van der Waals surface area contributed by atoms with E-state index in [0.29, 0.717) is 11.3 Å². The minimum absolute atomic E-state index is 0.415. The van der Waals surface area contributed by atoms with Crippen LogP contribution in [0.5, 0.6) is 0 Å². The summed E-state index contributed by atoms with van der Waals surface area (Å²) in [5, 5.41) is 4.78. The van der Waals surface area contributed by atoms with Crippen LogP contribution in [0, 0.1) is 0 Å². The first kappa shape index (κ1) is 12.1. The molecule has 0 radical (unpaired) electrons. The van der Waals surface area contributed by atoms with Crippen LogP contribution in [0.1, 0.15) is 62.0 Å². The third kappa shape index (κ3) is 2.30. The monoisotopic (exact) mass is 238 g/mol. The van der Waals surface area contributed by atoms with E-state index in [1.165, 1.54) is 28.4 Å². The Hall–Kier alpha value is -0.410. The highest BCUT2D eigenvalue weighted by Gasteiger charge is 2.42. The van der Waals surface area contributed by atoms with Crippen LogP contribution >= 0.6 is 11.3 Å². The van der Waals surface area contributed by atoms with Crippen LogP contribution in [0.25, 0.3) is 0 Å². The lowest BCUT2D eigenvalue weighted by atomic mass is 10.1. The van der Waals surface area contributed by atoms with E-state index >= 15 is 0 Å². The maximum Gasteiger partial charge on any atom is 0.0990 e. The number of thiazole rings is 1. The van der Waals surface area contributed by atoms with Crippen molar-refractivity contribution < 1.29 is 0 Å². The summed E-state index contributed by atoms with van der Waals surface area (Å²) in [6, 6.07) is 0. The van der Waals surface area contributed by atoms with Gasteiger partial charge in [0.2, 0.25) is 0 Å². The van der Waals surface area contributed by atoms with Gasteiger partial charge in [-0.05, 0) is 25.3 Å². The fraction of sp³-hybridized carbons (Fsp3) is 0.769. The zero-order valence-corrected chi connectivity index (χ0v) is 11.6. The molecule has 1 aliphatic rings. The van der Waals surface area contributed by atoms with Gasteiger partial charge >= 0.3 is 0 Å². The minimum atomic E-state index is 0.415. The lowest BCUT2D eigenvalue weighted by Gasteiger charge is -2.05. The van der Waals surface area contributed by atoms with Crippen LogP contribution in [-0.4, -0.2) is 11.5 Å². The number of hydrogen-bond donors (Lipinski definition) is 1. The van der Waals surface area contributed by atoms with Crippen LogP contribution in [0.4, 0.5) is 0 Å². The third-order valence-electron chi connectivity index (χ3n) is 3.33. The molecule has 0 aliphatic heterocycles. The number of hydrogen-bond acceptors (Lipinski definition) is 3. The topological polar surface area (TPSA) is 24.9 Å². The zero-order chi connectivity index (χ0) is 11.8. The molecule has 2 rings (SSSR count). The van der Waals surface area contributed by atoms with Crippen LogP contribution in [0.15, 0.2) is 0 Å². The van der Waals surface area contributed by atoms with Gasteiger partial charge in [-0.2, -0.15) is 0 Å². The second kappa shape index (κ2) is 4.46. The lowest BCUT2D eigenvalue weighted by Crippen LogP contribution is -2.12. The maximum absolute atomic E-state index is 4.87. The van der Waals surface area contributed by atoms with E-state index in [1.54, 1.807) is 0 Å². The van der Waals surface area contributed by atoms with Crippen molar-refractivity contribution >= 4 is 11.3 Å². The molecule has 0 saturated heterocycles. The quantitative estimate of drug-likeness (QED) is 0.850. The molecule has 90 valence electrons. The Labute approximate surface area is 102 Å². The summed E-state index contributed by atoms with van der Waals surface area (Å²) in [7, 11) is 0. The molecule has 3 heteroatoms. The lowest BCUT2D eigenvalue weighted by molar-refractivity contribution is 0.707. The molecular formula is C13H22N2S. The fourth-order valence-corrected chi connectivity index (χ4v) is 3.23. The highest BCUT2D eigenvalue weighted by atomic mass is 32.1. The summed E-state index contributed by atoms with van der Waals surface area (Å²) in [6.45, 7) is 11.0. The number of rotatable bonds is 5. The van der Waals surface area contributed by atoms with Gasteiger partial charge in [0.1, 0.15) is 0 Å². The highest BCUT2D eigenvalue weighted by molar-refractivity contribution is 7.12. The van der Waals surface area contributed by atoms with E-state index < -0.39 is 0 Å². The van der Waals surface area contributed by atoms with E-state index in [0.717, 1.165) is 13.1 Å². The summed E-state index contributed by atoms with van der Waals surface area (Å²) in [6.07, 6.45) is 2.64. The van der Waals surface area contributed by atoms with Crippen molar-refractivity contribution in [1.82, 2.24) is 10.3 Å². The first-order valence-corrected chi connectivity index (χ1v) is 7.09. The predicted molar refractivity (Wildman–Crippen MR) is 70.2 cm³/mol. The smallest absolute Gasteiger partial charge is 0.0990 e. The van der Waals surface area contributed by atoms with E-state index in [9.17, 15) is 0 Å². The average molecular weight is 238 g/mol. The molecule has 0 unspecified atom stereocenters. The molecule has 0 amide bonds. The van der Waals surface area contributed by atoms with E-state index in [4.69, 9.17) is 4.98 Å². The van der Waals surface area contributed by atoms with Gasteiger partial charge in [-0.25, -0.2) is 4.98 Å². The van der Waals surface area contributed by atoms with Crippen LogP contribution < -0.4 is 5.32 Å². The Bertz CT molecular complexity index is 364.